The fourth-order valence-electron chi connectivity index (χ4n) is 1.56. The highest BCUT2D eigenvalue weighted by Gasteiger charge is 2.06. The number of anilines is 1. The molecule has 2 N–H and O–H groups in total. The van der Waals surface area contributed by atoms with Crippen molar-refractivity contribution >= 4 is 21.6 Å². The first-order valence-electron chi connectivity index (χ1n) is 5.34. The van der Waals surface area contributed by atoms with Gasteiger partial charge in [0.1, 0.15) is 11.5 Å². The van der Waals surface area contributed by atoms with Crippen LogP contribution in [0.1, 0.15) is 11.1 Å². The Morgan fingerprint density at radius 1 is 1.17 bits per heavy atom. The van der Waals surface area contributed by atoms with Crippen molar-refractivity contribution in [1.29, 1.82) is 5.26 Å². The van der Waals surface area contributed by atoms with Gasteiger partial charge in [-0.2, -0.15) is 5.26 Å². The third-order valence-electron chi connectivity index (χ3n) is 2.48. The summed E-state index contributed by atoms with van der Waals surface area (Å²) in [6.45, 7) is 1.93. The van der Waals surface area contributed by atoms with E-state index in [4.69, 9.17) is 15.7 Å². The van der Waals surface area contributed by atoms with Crippen LogP contribution in [0, 0.1) is 18.3 Å². The first-order valence-corrected chi connectivity index (χ1v) is 6.13. The third kappa shape index (κ3) is 2.63. The van der Waals surface area contributed by atoms with Crippen LogP contribution in [0.5, 0.6) is 11.5 Å². The summed E-state index contributed by atoms with van der Waals surface area (Å²) in [5, 5.41) is 8.79. The minimum absolute atomic E-state index is 0.586. The van der Waals surface area contributed by atoms with Gasteiger partial charge in [0.2, 0.25) is 0 Å². The van der Waals surface area contributed by atoms with Crippen LogP contribution in [0.2, 0.25) is 0 Å². The van der Waals surface area contributed by atoms with Gasteiger partial charge in [-0.05, 0) is 64.8 Å². The van der Waals surface area contributed by atoms with E-state index in [9.17, 15) is 0 Å². The van der Waals surface area contributed by atoms with Crippen molar-refractivity contribution in [1.82, 2.24) is 0 Å². The Morgan fingerprint density at radius 2 is 1.89 bits per heavy atom. The van der Waals surface area contributed by atoms with Gasteiger partial charge in [-0.3, -0.25) is 0 Å². The average molecular weight is 303 g/mol. The quantitative estimate of drug-likeness (QED) is 0.853. The first-order chi connectivity index (χ1) is 8.60. The van der Waals surface area contributed by atoms with E-state index in [-0.39, 0.29) is 0 Å². The molecule has 0 bridgehead atoms. The molecule has 0 aliphatic heterocycles. The van der Waals surface area contributed by atoms with Crippen LogP contribution in [0.4, 0.5) is 5.69 Å². The third-order valence-corrected chi connectivity index (χ3v) is 3.10. The number of rotatable bonds is 2. The van der Waals surface area contributed by atoms with Gasteiger partial charge < -0.3 is 10.5 Å². The topological polar surface area (TPSA) is 59.0 Å². The molecule has 0 amide bonds. The number of aryl methyl sites for hydroxylation is 1. The van der Waals surface area contributed by atoms with Crippen molar-refractivity contribution in [3.8, 4) is 17.6 Å². The van der Waals surface area contributed by atoms with E-state index in [1.165, 1.54) is 0 Å². The Morgan fingerprint density at radius 3 is 2.50 bits per heavy atom. The van der Waals surface area contributed by atoms with Crippen LogP contribution in [-0.2, 0) is 0 Å². The van der Waals surface area contributed by atoms with Gasteiger partial charge in [-0.15, -0.1) is 0 Å². The number of nitrogens with zero attached hydrogens (tertiary/aromatic N) is 1. The lowest BCUT2D eigenvalue weighted by atomic mass is 10.2. The predicted molar refractivity (Wildman–Crippen MR) is 74.5 cm³/mol. The standard InChI is InChI=1S/C14H11BrN2O/c1-9-6-11(17)3-5-13(9)18-14-4-2-10(8-16)7-12(14)15/h2-7H,17H2,1H3. The molecule has 0 heterocycles. The summed E-state index contributed by atoms with van der Waals surface area (Å²) in [7, 11) is 0. The monoisotopic (exact) mass is 302 g/mol. The van der Waals surface area contributed by atoms with Gasteiger partial charge in [-0.1, -0.05) is 0 Å². The summed E-state index contributed by atoms with van der Waals surface area (Å²) in [6.07, 6.45) is 0. The molecule has 2 rings (SSSR count). The van der Waals surface area contributed by atoms with Gasteiger partial charge in [-0.25, -0.2) is 0 Å². The number of ether oxygens (including phenoxy) is 1. The summed E-state index contributed by atoms with van der Waals surface area (Å²) in [5.41, 5.74) is 7.95. The highest BCUT2D eigenvalue weighted by molar-refractivity contribution is 9.10. The van der Waals surface area contributed by atoms with E-state index < -0.39 is 0 Å². The molecule has 0 unspecified atom stereocenters. The molecule has 90 valence electrons. The molecule has 3 nitrogen and oxygen atoms in total. The number of benzene rings is 2. The zero-order chi connectivity index (χ0) is 13.1. The fourth-order valence-corrected chi connectivity index (χ4v) is 2.02. The molecule has 0 saturated heterocycles. The first kappa shape index (κ1) is 12.5. The molecule has 18 heavy (non-hydrogen) atoms. The van der Waals surface area contributed by atoms with Crippen LogP contribution < -0.4 is 10.5 Å². The molecule has 2 aromatic carbocycles. The number of nitrogen functional groups attached to an aromatic ring is 1. The summed E-state index contributed by atoms with van der Waals surface area (Å²) < 4.78 is 6.53. The maximum absolute atomic E-state index is 8.79. The van der Waals surface area contributed by atoms with Gasteiger partial charge >= 0.3 is 0 Å². The number of hydrogen-bond donors (Lipinski definition) is 1. The van der Waals surface area contributed by atoms with Crippen LogP contribution in [0.3, 0.4) is 0 Å². The molecule has 0 radical (unpaired) electrons. The highest BCUT2D eigenvalue weighted by atomic mass is 79.9. The number of halogens is 1. The van der Waals surface area contributed by atoms with Crippen molar-refractivity contribution in [2.75, 3.05) is 5.73 Å². The number of nitriles is 1. The summed E-state index contributed by atoms with van der Waals surface area (Å²) in [6, 6.07) is 12.8. The van der Waals surface area contributed by atoms with Crippen molar-refractivity contribution in [2.45, 2.75) is 6.92 Å². The molecule has 2 aromatic rings. The molecule has 0 spiro atoms. The van der Waals surface area contributed by atoms with E-state index in [0.717, 1.165) is 15.8 Å². The Kier molecular flexibility index (Phi) is 3.54. The second-order valence-corrected chi connectivity index (χ2v) is 4.74. The van der Waals surface area contributed by atoms with E-state index >= 15 is 0 Å². The maximum atomic E-state index is 8.79. The molecular weight excluding hydrogens is 292 g/mol. The van der Waals surface area contributed by atoms with E-state index in [2.05, 4.69) is 22.0 Å². The molecule has 0 atom stereocenters. The zero-order valence-electron chi connectivity index (χ0n) is 9.77. The lowest BCUT2D eigenvalue weighted by Crippen LogP contribution is -1.91. The Hall–Kier alpha value is -1.99. The zero-order valence-corrected chi connectivity index (χ0v) is 11.4. The van der Waals surface area contributed by atoms with Crippen LogP contribution in [0.15, 0.2) is 40.9 Å². The highest BCUT2D eigenvalue weighted by Crippen LogP contribution is 2.32. The minimum Gasteiger partial charge on any atom is -0.456 e. The maximum Gasteiger partial charge on any atom is 0.141 e. The normalized spacial score (nSPS) is 9.83. The molecule has 0 aromatic heterocycles. The minimum atomic E-state index is 0.586. The molecule has 0 saturated carbocycles. The van der Waals surface area contributed by atoms with Crippen molar-refractivity contribution in [3.63, 3.8) is 0 Å². The summed E-state index contributed by atoms with van der Waals surface area (Å²) >= 11 is 3.38. The van der Waals surface area contributed by atoms with Crippen molar-refractivity contribution in [3.05, 3.63) is 52.0 Å². The second-order valence-electron chi connectivity index (χ2n) is 3.88. The average Bonchev–Trinajstić information content (AvgIpc) is 2.34. The Bertz CT molecular complexity index is 632. The van der Waals surface area contributed by atoms with Crippen LogP contribution in [0.25, 0.3) is 0 Å². The van der Waals surface area contributed by atoms with Gasteiger partial charge in [0, 0.05) is 5.69 Å². The summed E-state index contributed by atoms with van der Waals surface area (Å²) in [4.78, 5) is 0. The molecule has 4 heteroatoms. The van der Waals surface area contributed by atoms with Gasteiger partial charge in [0.15, 0.2) is 0 Å². The van der Waals surface area contributed by atoms with Crippen LogP contribution >= 0.6 is 15.9 Å². The second kappa shape index (κ2) is 5.11. The predicted octanol–water partition coefficient (Wildman–Crippen LogP) is 4.00. The molecular formula is C14H11BrN2O. The SMILES string of the molecule is Cc1cc(N)ccc1Oc1ccc(C#N)cc1Br. The van der Waals surface area contributed by atoms with E-state index in [1.807, 2.05) is 19.1 Å². The van der Waals surface area contributed by atoms with Crippen molar-refractivity contribution < 1.29 is 4.74 Å². The largest absolute Gasteiger partial charge is 0.456 e. The fraction of sp³-hybridized carbons (Fsp3) is 0.0714. The van der Waals surface area contributed by atoms with E-state index in [1.54, 1.807) is 24.3 Å². The van der Waals surface area contributed by atoms with Crippen LogP contribution in [-0.4, -0.2) is 0 Å². The lowest BCUT2D eigenvalue weighted by molar-refractivity contribution is 0.476. The molecule has 0 aliphatic rings. The number of hydrogen-bond acceptors (Lipinski definition) is 3. The smallest absolute Gasteiger partial charge is 0.141 e. The van der Waals surface area contributed by atoms with Gasteiger partial charge in [0.05, 0.1) is 16.1 Å². The number of nitrogens with two attached hydrogens (primary N) is 1. The molecule has 0 fully saturated rings. The van der Waals surface area contributed by atoms with Crippen molar-refractivity contribution in [2.24, 2.45) is 0 Å². The van der Waals surface area contributed by atoms with E-state index in [0.29, 0.717) is 17.0 Å². The summed E-state index contributed by atoms with van der Waals surface area (Å²) in [5.74, 6) is 1.41. The Balaban J connectivity index is 2.32. The Labute approximate surface area is 114 Å². The lowest BCUT2D eigenvalue weighted by Gasteiger charge is -2.10. The van der Waals surface area contributed by atoms with Gasteiger partial charge in [0.25, 0.3) is 0 Å². The molecule has 0 aliphatic carbocycles.